The summed E-state index contributed by atoms with van der Waals surface area (Å²) in [7, 11) is -17.1. The first kappa shape index (κ1) is 37.3. The van der Waals surface area contributed by atoms with Crippen molar-refractivity contribution in [3.63, 3.8) is 0 Å². The van der Waals surface area contributed by atoms with Crippen LogP contribution in [0.25, 0.3) is 11.2 Å². The summed E-state index contributed by atoms with van der Waals surface area (Å²) in [6.45, 7) is 1.67. The Labute approximate surface area is 260 Å². The molecule has 0 radical (unpaired) electrons. The molecule has 24 heteroatoms. The van der Waals surface area contributed by atoms with E-state index in [1.807, 2.05) is 0 Å². The maximum absolute atomic E-state index is 12.0. The Bertz CT molecular complexity index is 1350. The summed E-state index contributed by atoms with van der Waals surface area (Å²) in [6.07, 6.45) is -0.0671. The second kappa shape index (κ2) is 15.9. The minimum absolute atomic E-state index is 0. The fourth-order valence-corrected chi connectivity index (χ4v) is 6.80. The topological polar surface area (TPSA) is 297 Å². The van der Waals surface area contributed by atoms with Gasteiger partial charge in [-0.05, 0) is 12.8 Å². The molecule has 42 heavy (non-hydrogen) atoms. The van der Waals surface area contributed by atoms with E-state index in [0.29, 0.717) is 24.4 Å². The maximum atomic E-state index is 12.0. The summed E-state index contributed by atoms with van der Waals surface area (Å²) in [6, 6.07) is 0. The smallest absolute Gasteiger partial charge is 0.756 e. The molecule has 7 N–H and O–H groups in total. The number of nitrogens with zero attached hydrogens (tertiary/aromatic N) is 4. The summed E-state index contributed by atoms with van der Waals surface area (Å²) < 4.78 is 52.4. The number of carbonyl (C=O) groups is 1. The number of hydrogen-bond donors (Lipinski definition) is 7. The Kier molecular flexibility index (Phi) is 14.1. The Morgan fingerprint density at radius 2 is 1.69 bits per heavy atom. The van der Waals surface area contributed by atoms with Gasteiger partial charge in [0.2, 0.25) is 5.91 Å². The van der Waals surface area contributed by atoms with Gasteiger partial charge in [0.05, 0.1) is 12.9 Å². The minimum Gasteiger partial charge on any atom is -0.756 e. The summed E-state index contributed by atoms with van der Waals surface area (Å²) >= 11 is 0. The number of aliphatic hydroxyl groups is 2. The predicted molar refractivity (Wildman–Crippen MR) is 134 cm³/mol. The van der Waals surface area contributed by atoms with E-state index in [2.05, 4.69) is 38.7 Å². The molecule has 0 saturated carbocycles. The Morgan fingerprint density at radius 3 is 2.33 bits per heavy atom. The molecule has 0 aliphatic carbocycles. The van der Waals surface area contributed by atoms with Crippen LogP contribution in [0.4, 0.5) is 5.82 Å². The van der Waals surface area contributed by atoms with Gasteiger partial charge < -0.3 is 45.2 Å². The third-order valence-electron chi connectivity index (χ3n) is 5.55. The monoisotopic (exact) mass is 670 g/mol. The molecule has 20 nitrogen and oxygen atoms in total. The Morgan fingerprint density at radius 1 is 1.02 bits per heavy atom. The van der Waals surface area contributed by atoms with Crippen molar-refractivity contribution in [2.24, 2.45) is 0 Å². The van der Waals surface area contributed by atoms with E-state index in [1.54, 1.807) is 0 Å². The number of phosphoric ester groups is 1. The van der Waals surface area contributed by atoms with Gasteiger partial charge in [-0.1, -0.05) is 12.8 Å². The number of imidazole rings is 1. The predicted octanol–water partition coefficient (Wildman–Crippen LogP) is -3.73. The molecule has 1 aliphatic rings. The summed E-state index contributed by atoms with van der Waals surface area (Å²) in [5, 5.41) is 26.8. The van der Waals surface area contributed by atoms with Crippen LogP contribution < -0.4 is 45.1 Å². The molecule has 0 bridgehead atoms. The molecule has 3 heterocycles. The van der Waals surface area contributed by atoms with Gasteiger partial charge in [-0.2, -0.15) is 4.31 Å². The number of fused-ring (bicyclic) bond motifs is 1. The third-order valence-corrected chi connectivity index (χ3v) is 9.33. The quantitative estimate of drug-likeness (QED) is 0.0513. The number of rotatable bonds is 16. The van der Waals surface area contributed by atoms with Crippen LogP contribution in [0.3, 0.4) is 0 Å². The van der Waals surface area contributed by atoms with Crippen LogP contribution in [0.1, 0.15) is 38.8 Å². The SMILES string of the molecule is CC(=O)NCCCCCCNc1ncnc2c1ncn2C1O[C@H](COP(=O)(O)OP(=O)(O)OP(=O)([O-])O)[C@@H](O)[C@H]1O.[Na+]. The van der Waals surface area contributed by atoms with E-state index >= 15 is 0 Å². The average Bonchev–Trinajstić information content (AvgIpc) is 3.38. The van der Waals surface area contributed by atoms with E-state index in [-0.39, 0.29) is 41.1 Å². The van der Waals surface area contributed by atoms with Crippen molar-refractivity contribution in [2.75, 3.05) is 25.0 Å². The maximum Gasteiger partial charge on any atom is 1.00 e. The molecule has 3 rings (SSSR count). The Hall–Kier alpha value is -0.890. The van der Waals surface area contributed by atoms with E-state index in [0.717, 1.165) is 25.7 Å². The second-order valence-corrected chi connectivity index (χ2v) is 13.2. The van der Waals surface area contributed by atoms with Gasteiger partial charge in [-0.15, -0.1) is 0 Å². The van der Waals surface area contributed by atoms with Crippen molar-refractivity contribution >= 4 is 46.4 Å². The number of amides is 1. The van der Waals surface area contributed by atoms with Crippen LogP contribution in [-0.2, 0) is 36.4 Å². The van der Waals surface area contributed by atoms with E-state index in [4.69, 9.17) is 9.63 Å². The Balaban J connectivity index is 0.00000616. The van der Waals surface area contributed by atoms with Crippen LogP contribution in [0, 0.1) is 0 Å². The molecule has 1 fully saturated rings. The molecule has 4 unspecified atom stereocenters. The second-order valence-electron chi connectivity index (χ2n) is 8.78. The first-order chi connectivity index (χ1) is 19.1. The van der Waals surface area contributed by atoms with Crippen molar-refractivity contribution < 1.29 is 95.7 Å². The van der Waals surface area contributed by atoms with Gasteiger partial charge in [0.25, 0.3) is 7.82 Å². The summed E-state index contributed by atoms with van der Waals surface area (Å²) in [5.41, 5.74) is 0.547. The molecule has 2 aromatic heterocycles. The number of ether oxygens (including phenoxy) is 1. The molecule has 0 spiro atoms. The molecular weight excluding hydrogens is 640 g/mol. The number of anilines is 1. The van der Waals surface area contributed by atoms with E-state index in [1.165, 1.54) is 24.1 Å². The number of phosphoric acid groups is 3. The fraction of sp³-hybridized carbons (Fsp3) is 0.667. The molecular formula is C18H30N6NaO14P3. The van der Waals surface area contributed by atoms with Gasteiger partial charge >= 0.3 is 45.2 Å². The van der Waals surface area contributed by atoms with Gasteiger partial charge in [0.1, 0.15) is 24.6 Å². The number of carbonyl (C=O) groups excluding carboxylic acids is 1. The number of aliphatic hydroxyl groups excluding tert-OH is 2. The average molecular weight is 670 g/mol. The summed E-state index contributed by atoms with van der Waals surface area (Å²) in [4.78, 5) is 61.3. The van der Waals surface area contributed by atoms with Crippen molar-refractivity contribution in [1.82, 2.24) is 24.8 Å². The molecule has 1 saturated heterocycles. The van der Waals surface area contributed by atoms with Crippen molar-refractivity contribution in [3.05, 3.63) is 12.7 Å². The molecule has 0 aromatic carbocycles. The minimum atomic E-state index is -5.82. The van der Waals surface area contributed by atoms with Crippen molar-refractivity contribution in [1.29, 1.82) is 0 Å². The number of hydrogen-bond acceptors (Lipinski definition) is 15. The fourth-order valence-electron chi connectivity index (χ4n) is 3.81. The van der Waals surface area contributed by atoms with Gasteiger partial charge in [-0.25, -0.2) is 28.4 Å². The third kappa shape index (κ3) is 11.2. The van der Waals surface area contributed by atoms with Crippen LogP contribution in [0.5, 0.6) is 0 Å². The van der Waals surface area contributed by atoms with E-state index < -0.39 is 54.6 Å². The normalized spacial score (nSPS) is 24.7. The van der Waals surface area contributed by atoms with Gasteiger partial charge in [0, 0.05) is 20.0 Å². The zero-order chi connectivity index (χ0) is 30.4. The molecule has 7 atom stereocenters. The van der Waals surface area contributed by atoms with Gasteiger partial charge in [0.15, 0.2) is 23.2 Å². The largest absolute Gasteiger partial charge is 1.00 e. The summed E-state index contributed by atoms with van der Waals surface area (Å²) in [5.74, 6) is 0.333. The molecule has 1 amide bonds. The molecule has 1 aliphatic heterocycles. The van der Waals surface area contributed by atoms with Crippen molar-refractivity contribution in [3.8, 4) is 0 Å². The number of nitrogens with one attached hydrogen (secondary N) is 2. The van der Waals surface area contributed by atoms with Gasteiger partial charge in [-0.3, -0.25) is 18.5 Å². The first-order valence-corrected chi connectivity index (χ1v) is 16.5. The first-order valence-electron chi connectivity index (χ1n) is 12.0. The van der Waals surface area contributed by atoms with Crippen LogP contribution in [-0.4, -0.2) is 88.3 Å². The zero-order valence-electron chi connectivity index (χ0n) is 22.5. The number of aromatic nitrogens is 4. The van der Waals surface area contributed by atoms with Crippen molar-refractivity contribution in [2.45, 2.75) is 57.1 Å². The number of unbranched alkanes of at least 4 members (excludes halogenated alkanes) is 3. The zero-order valence-corrected chi connectivity index (χ0v) is 27.1. The molecule has 232 valence electrons. The van der Waals surface area contributed by atoms with Crippen LogP contribution >= 0.6 is 23.5 Å². The van der Waals surface area contributed by atoms with E-state index in [9.17, 15) is 43.4 Å². The molecule has 2 aromatic rings. The van der Waals surface area contributed by atoms with Crippen LogP contribution in [0.2, 0.25) is 0 Å². The standard InChI is InChI=1S/C18H31N6O14P3.Na/c1-11(25)19-6-4-2-3-5-7-20-16-13-17(22-9-21-16)24(10-23-13)18-15(27)14(26)12(36-18)8-35-40(31,32)38-41(33,34)37-39(28,29)30;/h9-10,12,14-15,18,26-27H,2-8H2,1H3,(H,19,25)(H,31,32)(H,33,34)(H,20,21,22)(H2,28,29,30);/q;+1/p-1/t12-,14-,15-,18?;/m1./s1. The van der Waals surface area contributed by atoms with Crippen LogP contribution in [0.15, 0.2) is 12.7 Å².